The van der Waals surface area contributed by atoms with Gasteiger partial charge in [-0.1, -0.05) is 42.1 Å². The molecule has 20 heavy (non-hydrogen) atoms. The number of pyridine rings is 1. The van der Waals surface area contributed by atoms with Crippen LogP contribution in [-0.4, -0.2) is 20.9 Å². The molecule has 3 rings (SSSR count). The molecule has 4 nitrogen and oxygen atoms in total. The average molecular weight is 283 g/mol. The van der Waals surface area contributed by atoms with Gasteiger partial charge in [-0.15, -0.1) is 10.2 Å². The zero-order chi connectivity index (χ0) is 13.6. The first-order chi connectivity index (χ1) is 9.92. The highest BCUT2D eigenvalue weighted by molar-refractivity contribution is 7.99. The Balaban J connectivity index is 1.58. The van der Waals surface area contributed by atoms with Crippen LogP contribution in [0.3, 0.4) is 0 Å². The molecule has 0 saturated heterocycles. The first-order valence-corrected chi connectivity index (χ1v) is 7.31. The lowest BCUT2D eigenvalue weighted by Gasteiger charge is -1.98. The van der Waals surface area contributed by atoms with Gasteiger partial charge in [0.25, 0.3) is 5.22 Å². The van der Waals surface area contributed by atoms with Gasteiger partial charge in [0.15, 0.2) is 0 Å². The van der Waals surface area contributed by atoms with E-state index in [4.69, 9.17) is 4.42 Å². The summed E-state index contributed by atoms with van der Waals surface area (Å²) in [5.41, 5.74) is 2.15. The van der Waals surface area contributed by atoms with Gasteiger partial charge in [0, 0.05) is 18.1 Å². The van der Waals surface area contributed by atoms with Gasteiger partial charge in [0.2, 0.25) is 5.89 Å². The number of aryl methyl sites for hydroxylation is 1. The van der Waals surface area contributed by atoms with Crippen LogP contribution in [0.2, 0.25) is 0 Å². The quantitative estimate of drug-likeness (QED) is 0.671. The van der Waals surface area contributed by atoms with Crippen LogP contribution >= 0.6 is 11.8 Å². The van der Waals surface area contributed by atoms with Crippen molar-refractivity contribution in [3.05, 3.63) is 60.4 Å². The standard InChI is InChI=1S/C15H13N3OS/c1-2-5-12(6-3-1)8-10-20-15-18-17-14(19-15)13-7-4-9-16-11-13/h1-7,9,11H,8,10H2. The normalized spacial score (nSPS) is 10.6. The van der Waals surface area contributed by atoms with Crippen molar-refractivity contribution in [2.24, 2.45) is 0 Å². The van der Waals surface area contributed by atoms with Crippen molar-refractivity contribution in [1.29, 1.82) is 0 Å². The molecule has 0 aliphatic carbocycles. The molecule has 0 N–H and O–H groups in total. The predicted molar refractivity (Wildman–Crippen MR) is 78.4 cm³/mol. The molecule has 100 valence electrons. The molecule has 0 saturated carbocycles. The molecule has 0 unspecified atom stereocenters. The lowest BCUT2D eigenvalue weighted by atomic mass is 10.2. The monoisotopic (exact) mass is 283 g/mol. The fourth-order valence-corrected chi connectivity index (χ4v) is 2.52. The first-order valence-electron chi connectivity index (χ1n) is 6.32. The van der Waals surface area contributed by atoms with E-state index in [2.05, 4.69) is 27.3 Å². The van der Waals surface area contributed by atoms with Crippen LogP contribution in [0.1, 0.15) is 5.56 Å². The van der Waals surface area contributed by atoms with E-state index >= 15 is 0 Å². The number of hydrogen-bond donors (Lipinski definition) is 0. The third kappa shape index (κ3) is 3.24. The van der Waals surface area contributed by atoms with Gasteiger partial charge < -0.3 is 4.42 Å². The molecule has 2 heterocycles. The summed E-state index contributed by atoms with van der Waals surface area (Å²) in [7, 11) is 0. The molecular weight excluding hydrogens is 270 g/mol. The van der Waals surface area contributed by atoms with Gasteiger partial charge in [-0.2, -0.15) is 0 Å². The van der Waals surface area contributed by atoms with E-state index in [1.165, 1.54) is 5.56 Å². The molecule has 5 heteroatoms. The van der Waals surface area contributed by atoms with E-state index in [9.17, 15) is 0 Å². The van der Waals surface area contributed by atoms with Gasteiger partial charge >= 0.3 is 0 Å². The van der Waals surface area contributed by atoms with Crippen LogP contribution in [-0.2, 0) is 6.42 Å². The molecule has 0 amide bonds. The van der Waals surface area contributed by atoms with Crippen molar-refractivity contribution in [3.8, 4) is 11.5 Å². The summed E-state index contributed by atoms with van der Waals surface area (Å²) in [6.45, 7) is 0. The van der Waals surface area contributed by atoms with Gasteiger partial charge in [0.05, 0.1) is 5.56 Å². The van der Waals surface area contributed by atoms with Gasteiger partial charge in [0.1, 0.15) is 0 Å². The fraction of sp³-hybridized carbons (Fsp3) is 0.133. The smallest absolute Gasteiger partial charge is 0.276 e. The summed E-state index contributed by atoms with van der Waals surface area (Å²) >= 11 is 1.57. The van der Waals surface area contributed by atoms with E-state index in [1.54, 1.807) is 24.2 Å². The van der Waals surface area contributed by atoms with Crippen molar-refractivity contribution in [2.45, 2.75) is 11.6 Å². The van der Waals surface area contributed by atoms with Crippen LogP contribution in [0.15, 0.2) is 64.5 Å². The third-order valence-electron chi connectivity index (χ3n) is 2.77. The number of nitrogens with zero attached hydrogens (tertiary/aromatic N) is 3. The SMILES string of the molecule is c1ccc(CCSc2nnc(-c3cccnc3)o2)cc1. The maximum atomic E-state index is 5.61. The van der Waals surface area contributed by atoms with Crippen LogP contribution in [0.25, 0.3) is 11.5 Å². The minimum atomic E-state index is 0.514. The summed E-state index contributed by atoms with van der Waals surface area (Å²) in [4.78, 5) is 4.04. The molecule has 2 aromatic heterocycles. The number of thioether (sulfide) groups is 1. The van der Waals surface area contributed by atoms with E-state index in [0.717, 1.165) is 17.7 Å². The Morgan fingerprint density at radius 2 is 1.90 bits per heavy atom. The zero-order valence-corrected chi connectivity index (χ0v) is 11.6. The van der Waals surface area contributed by atoms with Crippen molar-refractivity contribution >= 4 is 11.8 Å². The van der Waals surface area contributed by atoms with Crippen LogP contribution in [0.5, 0.6) is 0 Å². The van der Waals surface area contributed by atoms with Crippen LogP contribution in [0.4, 0.5) is 0 Å². The highest BCUT2D eigenvalue weighted by Gasteiger charge is 2.08. The van der Waals surface area contributed by atoms with Crippen molar-refractivity contribution in [2.75, 3.05) is 5.75 Å². The highest BCUT2D eigenvalue weighted by Crippen LogP contribution is 2.22. The maximum Gasteiger partial charge on any atom is 0.276 e. The van der Waals surface area contributed by atoms with E-state index in [-0.39, 0.29) is 0 Å². The Bertz CT molecular complexity index is 655. The summed E-state index contributed by atoms with van der Waals surface area (Å²) in [6.07, 6.45) is 4.41. The Labute approximate surface area is 121 Å². The molecular formula is C15H13N3OS. The molecule has 0 radical (unpaired) electrons. The summed E-state index contributed by atoms with van der Waals surface area (Å²) < 4.78 is 5.61. The molecule has 0 bridgehead atoms. The lowest BCUT2D eigenvalue weighted by molar-refractivity contribution is 0.466. The van der Waals surface area contributed by atoms with Gasteiger partial charge in [-0.05, 0) is 24.1 Å². The Morgan fingerprint density at radius 3 is 2.70 bits per heavy atom. The second-order valence-corrected chi connectivity index (χ2v) is 5.25. The van der Waals surface area contributed by atoms with E-state index < -0.39 is 0 Å². The minimum Gasteiger partial charge on any atom is -0.411 e. The van der Waals surface area contributed by atoms with Crippen molar-refractivity contribution in [3.63, 3.8) is 0 Å². The largest absolute Gasteiger partial charge is 0.411 e. The topological polar surface area (TPSA) is 51.8 Å². The minimum absolute atomic E-state index is 0.514. The number of hydrogen-bond acceptors (Lipinski definition) is 5. The molecule has 1 aromatic carbocycles. The second kappa shape index (κ2) is 6.34. The summed E-state index contributed by atoms with van der Waals surface area (Å²) in [5.74, 6) is 1.43. The third-order valence-corrected chi connectivity index (χ3v) is 3.59. The molecule has 3 aromatic rings. The van der Waals surface area contributed by atoms with Crippen LogP contribution in [0, 0.1) is 0 Å². The van der Waals surface area contributed by atoms with E-state index in [0.29, 0.717) is 11.1 Å². The van der Waals surface area contributed by atoms with Crippen molar-refractivity contribution < 1.29 is 4.42 Å². The maximum absolute atomic E-state index is 5.61. The van der Waals surface area contributed by atoms with Gasteiger partial charge in [-0.25, -0.2) is 0 Å². The summed E-state index contributed by atoms with van der Waals surface area (Å²) in [6, 6.07) is 14.1. The Morgan fingerprint density at radius 1 is 1.00 bits per heavy atom. The summed E-state index contributed by atoms with van der Waals surface area (Å²) in [5, 5.41) is 8.67. The number of benzene rings is 1. The molecule has 0 fully saturated rings. The number of rotatable bonds is 5. The number of aromatic nitrogens is 3. The second-order valence-electron chi connectivity index (χ2n) is 4.20. The molecule has 0 aliphatic heterocycles. The van der Waals surface area contributed by atoms with Crippen LogP contribution < -0.4 is 0 Å². The Kier molecular flexibility index (Phi) is 4.08. The lowest BCUT2D eigenvalue weighted by Crippen LogP contribution is -1.87. The Hall–Kier alpha value is -2.14. The average Bonchev–Trinajstić information content (AvgIpc) is 2.98. The molecule has 0 atom stereocenters. The van der Waals surface area contributed by atoms with Crippen molar-refractivity contribution in [1.82, 2.24) is 15.2 Å². The zero-order valence-electron chi connectivity index (χ0n) is 10.8. The molecule has 0 aliphatic rings. The highest BCUT2D eigenvalue weighted by atomic mass is 32.2. The predicted octanol–water partition coefficient (Wildman–Crippen LogP) is 3.47. The van der Waals surface area contributed by atoms with Gasteiger partial charge in [-0.3, -0.25) is 4.98 Å². The molecule has 0 spiro atoms. The fourth-order valence-electron chi connectivity index (χ4n) is 1.77. The van der Waals surface area contributed by atoms with E-state index in [1.807, 2.05) is 30.3 Å². The first kappa shape index (κ1) is 12.9.